The summed E-state index contributed by atoms with van der Waals surface area (Å²) >= 11 is 0. The van der Waals surface area contributed by atoms with E-state index in [0.717, 1.165) is 11.8 Å². The molecule has 0 aromatic heterocycles. The Bertz CT molecular complexity index is 710. The molecule has 2 N–H and O–H groups in total. The first kappa shape index (κ1) is 15.6. The maximum atomic E-state index is 11.3. The molecule has 0 spiro atoms. The number of hydrogen-bond acceptors (Lipinski definition) is 5. The Morgan fingerprint density at radius 1 is 1.10 bits per heavy atom. The Labute approximate surface area is 123 Å². The zero-order valence-electron chi connectivity index (χ0n) is 11.4. The maximum absolute atomic E-state index is 11.3. The van der Waals surface area contributed by atoms with Crippen LogP contribution in [-0.2, 0) is 16.4 Å². The van der Waals surface area contributed by atoms with Gasteiger partial charge in [-0.1, -0.05) is 24.3 Å². The molecule has 0 saturated carbocycles. The van der Waals surface area contributed by atoms with E-state index in [2.05, 4.69) is 0 Å². The van der Waals surface area contributed by atoms with Crippen molar-refractivity contribution in [2.75, 3.05) is 6.26 Å². The van der Waals surface area contributed by atoms with Crippen LogP contribution in [0.5, 0.6) is 5.75 Å². The number of rotatable bonds is 5. The molecule has 0 fully saturated rings. The average molecular weight is 306 g/mol. The fourth-order valence-corrected chi connectivity index (χ4v) is 2.42. The molecule has 0 aliphatic carbocycles. The summed E-state index contributed by atoms with van der Waals surface area (Å²) in [6, 6.07) is 12.9. The van der Waals surface area contributed by atoms with Gasteiger partial charge in [0.25, 0.3) is 0 Å². The summed E-state index contributed by atoms with van der Waals surface area (Å²) in [4.78, 5) is 0.236. The largest absolute Gasteiger partial charge is 0.489 e. The highest BCUT2D eigenvalue weighted by molar-refractivity contribution is 7.90. The standard InChI is InChI=1S/C14H15BO5S/c1-21(18,19)14-7-5-13(6-8-14)20-10-11-3-2-4-12(9-11)15(16)17/h2-9,16-17H,10H2,1H3. The lowest BCUT2D eigenvalue weighted by Crippen LogP contribution is -2.29. The van der Waals surface area contributed by atoms with Crippen LogP contribution in [0.4, 0.5) is 0 Å². The molecule has 0 bridgehead atoms. The highest BCUT2D eigenvalue weighted by Crippen LogP contribution is 2.17. The molecule has 0 amide bonds. The SMILES string of the molecule is CS(=O)(=O)c1ccc(OCc2cccc(B(O)O)c2)cc1. The number of sulfone groups is 1. The topological polar surface area (TPSA) is 83.8 Å². The summed E-state index contributed by atoms with van der Waals surface area (Å²) in [6.07, 6.45) is 1.15. The van der Waals surface area contributed by atoms with Crippen molar-refractivity contribution < 1.29 is 23.2 Å². The van der Waals surface area contributed by atoms with Crippen LogP contribution >= 0.6 is 0 Å². The first-order valence-corrected chi connectivity index (χ1v) is 8.13. The number of benzene rings is 2. The minimum atomic E-state index is -3.21. The van der Waals surface area contributed by atoms with Crippen LogP contribution in [0.1, 0.15) is 5.56 Å². The van der Waals surface area contributed by atoms with E-state index in [4.69, 9.17) is 14.8 Å². The number of hydrogen-bond donors (Lipinski definition) is 2. The quantitative estimate of drug-likeness (QED) is 0.779. The third kappa shape index (κ3) is 4.32. The first-order valence-electron chi connectivity index (χ1n) is 6.24. The van der Waals surface area contributed by atoms with Gasteiger partial charge in [-0.05, 0) is 35.3 Å². The van der Waals surface area contributed by atoms with Crippen molar-refractivity contribution in [3.63, 3.8) is 0 Å². The predicted molar refractivity (Wildman–Crippen MR) is 80.2 cm³/mol. The summed E-state index contributed by atoms with van der Waals surface area (Å²) in [5, 5.41) is 18.2. The molecule has 5 nitrogen and oxygen atoms in total. The lowest BCUT2D eigenvalue weighted by Gasteiger charge is -2.08. The monoisotopic (exact) mass is 306 g/mol. The lowest BCUT2D eigenvalue weighted by atomic mass is 9.80. The van der Waals surface area contributed by atoms with Crippen molar-refractivity contribution in [1.82, 2.24) is 0 Å². The van der Waals surface area contributed by atoms with Gasteiger partial charge in [-0.25, -0.2) is 8.42 Å². The molecule has 0 atom stereocenters. The van der Waals surface area contributed by atoms with Gasteiger partial charge in [-0.15, -0.1) is 0 Å². The minimum absolute atomic E-state index is 0.236. The molecule has 0 unspecified atom stereocenters. The van der Waals surface area contributed by atoms with Gasteiger partial charge in [-0.2, -0.15) is 0 Å². The van der Waals surface area contributed by atoms with Gasteiger partial charge in [0.1, 0.15) is 12.4 Å². The number of ether oxygens (including phenoxy) is 1. The van der Waals surface area contributed by atoms with Gasteiger partial charge in [0, 0.05) is 6.26 Å². The Morgan fingerprint density at radius 3 is 2.33 bits per heavy atom. The summed E-state index contributed by atoms with van der Waals surface area (Å²) in [6.45, 7) is 0.249. The molecule has 2 aromatic rings. The smallest absolute Gasteiger partial charge is 0.488 e. The van der Waals surface area contributed by atoms with Crippen LogP contribution in [0, 0.1) is 0 Å². The summed E-state index contributed by atoms with van der Waals surface area (Å²) in [7, 11) is -4.73. The van der Waals surface area contributed by atoms with Gasteiger partial charge >= 0.3 is 7.12 Å². The summed E-state index contributed by atoms with van der Waals surface area (Å²) < 4.78 is 28.2. The Morgan fingerprint density at radius 2 is 1.76 bits per heavy atom. The van der Waals surface area contributed by atoms with E-state index >= 15 is 0 Å². The minimum Gasteiger partial charge on any atom is -0.489 e. The third-order valence-corrected chi connectivity index (χ3v) is 4.04. The highest BCUT2D eigenvalue weighted by atomic mass is 32.2. The van der Waals surface area contributed by atoms with Crippen molar-refractivity contribution in [3.05, 3.63) is 54.1 Å². The van der Waals surface area contributed by atoms with Crippen LogP contribution in [0.2, 0.25) is 0 Å². The van der Waals surface area contributed by atoms with Crippen LogP contribution in [-0.4, -0.2) is 31.8 Å². The van der Waals surface area contributed by atoms with Gasteiger partial charge in [-0.3, -0.25) is 0 Å². The molecule has 0 radical (unpaired) electrons. The van der Waals surface area contributed by atoms with Crippen LogP contribution in [0.25, 0.3) is 0 Å². The molecule has 21 heavy (non-hydrogen) atoms. The normalized spacial score (nSPS) is 11.2. The lowest BCUT2D eigenvalue weighted by molar-refractivity contribution is 0.306. The van der Waals surface area contributed by atoms with E-state index in [9.17, 15) is 8.42 Å². The first-order chi connectivity index (χ1) is 9.86. The van der Waals surface area contributed by atoms with E-state index in [1.54, 1.807) is 36.4 Å². The fourth-order valence-electron chi connectivity index (χ4n) is 1.79. The molecular weight excluding hydrogens is 291 g/mol. The van der Waals surface area contributed by atoms with Crippen molar-refractivity contribution in [2.45, 2.75) is 11.5 Å². The van der Waals surface area contributed by atoms with Crippen molar-refractivity contribution >= 4 is 22.4 Å². The van der Waals surface area contributed by atoms with E-state index in [1.165, 1.54) is 12.1 Å². The van der Waals surface area contributed by atoms with Crippen molar-refractivity contribution in [1.29, 1.82) is 0 Å². The van der Waals surface area contributed by atoms with Crippen LogP contribution < -0.4 is 10.2 Å². The van der Waals surface area contributed by atoms with Gasteiger partial charge in [0.05, 0.1) is 4.90 Å². The second kappa shape index (κ2) is 6.30. The van der Waals surface area contributed by atoms with E-state index in [1.807, 2.05) is 0 Å². The second-order valence-electron chi connectivity index (χ2n) is 4.65. The molecule has 0 aliphatic rings. The van der Waals surface area contributed by atoms with E-state index < -0.39 is 17.0 Å². The summed E-state index contributed by atoms with van der Waals surface area (Å²) in [5.41, 5.74) is 1.18. The molecule has 110 valence electrons. The molecule has 0 heterocycles. The molecule has 2 rings (SSSR count). The third-order valence-electron chi connectivity index (χ3n) is 2.91. The molecule has 0 saturated heterocycles. The highest BCUT2D eigenvalue weighted by Gasteiger charge is 2.11. The molecular formula is C14H15BO5S. The van der Waals surface area contributed by atoms with Crippen molar-refractivity contribution in [3.8, 4) is 5.75 Å². The maximum Gasteiger partial charge on any atom is 0.488 e. The van der Waals surface area contributed by atoms with Crippen LogP contribution in [0.3, 0.4) is 0 Å². The fraction of sp³-hybridized carbons (Fsp3) is 0.143. The second-order valence-corrected chi connectivity index (χ2v) is 6.67. The van der Waals surface area contributed by atoms with Gasteiger partial charge < -0.3 is 14.8 Å². The molecule has 2 aromatic carbocycles. The zero-order chi connectivity index (χ0) is 15.5. The predicted octanol–water partition coefficient (Wildman–Crippen LogP) is 0.349. The van der Waals surface area contributed by atoms with Gasteiger partial charge in [0.2, 0.25) is 0 Å². The molecule has 7 heteroatoms. The average Bonchev–Trinajstić information content (AvgIpc) is 2.45. The van der Waals surface area contributed by atoms with E-state index in [0.29, 0.717) is 11.2 Å². The Hall–Kier alpha value is -1.83. The Balaban J connectivity index is 2.05. The zero-order valence-corrected chi connectivity index (χ0v) is 12.2. The molecule has 0 aliphatic heterocycles. The summed E-state index contributed by atoms with van der Waals surface area (Å²) in [5.74, 6) is 0.539. The van der Waals surface area contributed by atoms with E-state index in [-0.39, 0.29) is 11.5 Å². The van der Waals surface area contributed by atoms with Crippen molar-refractivity contribution in [2.24, 2.45) is 0 Å². The van der Waals surface area contributed by atoms with Crippen LogP contribution in [0.15, 0.2) is 53.4 Å². The Kier molecular flexibility index (Phi) is 4.67. The van der Waals surface area contributed by atoms with Gasteiger partial charge in [0.15, 0.2) is 9.84 Å².